The van der Waals surface area contributed by atoms with Gasteiger partial charge < -0.3 is 9.84 Å². The molecule has 2 aliphatic carbocycles. The van der Waals surface area contributed by atoms with Crippen LogP contribution in [0.5, 0.6) is 5.75 Å². The number of rotatable bonds is 0. The van der Waals surface area contributed by atoms with Crippen LogP contribution in [0.3, 0.4) is 0 Å². The van der Waals surface area contributed by atoms with Crippen LogP contribution in [0, 0.1) is 17.1 Å². The van der Waals surface area contributed by atoms with E-state index >= 15 is 0 Å². The number of carbonyl (C=O) groups excluding carboxylic acids is 1. The number of nitriles is 1. The quantitative estimate of drug-likeness (QED) is 0.777. The molecule has 1 N–H and O–H groups in total. The summed E-state index contributed by atoms with van der Waals surface area (Å²) in [6.07, 6.45) is 1.94. The van der Waals surface area contributed by atoms with Gasteiger partial charge >= 0.3 is 0 Å². The molecule has 2 aromatic carbocycles. The summed E-state index contributed by atoms with van der Waals surface area (Å²) in [6.45, 7) is 1.09. The second-order valence-corrected chi connectivity index (χ2v) is 7.39. The first kappa shape index (κ1) is 16.2. The minimum atomic E-state index is -0.786. The van der Waals surface area contributed by atoms with E-state index < -0.39 is 17.0 Å². The van der Waals surface area contributed by atoms with E-state index in [4.69, 9.17) is 4.74 Å². The maximum Gasteiger partial charge on any atom is 0.194 e. The Bertz CT molecular complexity index is 1090. The highest BCUT2D eigenvalue weighted by Crippen LogP contribution is 2.54. The van der Waals surface area contributed by atoms with Crippen LogP contribution < -0.4 is 0 Å². The lowest BCUT2D eigenvalue weighted by Crippen LogP contribution is -2.40. The molecule has 1 fully saturated rings. The van der Waals surface area contributed by atoms with Crippen molar-refractivity contribution in [2.75, 3.05) is 13.2 Å². The molecular formula is C22H16FNO3. The van der Waals surface area contributed by atoms with E-state index in [1.54, 1.807) is 6.07 Å². The van der Waals surface area contributed by atoms with Gasteiger partial charge in [0.05, 0.1) is 11.6 Å². The van der Waals surface area contributed by atoms with Crippen molar-refractivity contribution in [2.24, 2.45) is 0 Å². The molecule has 1 aliphatic heterocycles. The van der Waals surface area contributed by atoms with E-state index in [-0.39, 0.29) is 5.78 Å². The lowest BCUT2D eigenvalue weighted by molar-refractivity contribution is 0.0602. The van der Waals surface area contributed by atoms with Gasteiger partial charge in [-0.3, -0.25) is 4.79 Å². The average molecular weight is 361 g/mol. The normalized spacial score (nSPS) is 19.5. The van der Waals surface area contributed by atoms with Gasteiger partial charge in [-0.15, -0.1) is 0 Å². The van der Waals surface area contributed by atoms with Gasteiger partial charge in [0.25, 0.3) is 0 Å². The van der Waals surface area contributed by atoms with Gasteiger partial charge in [-0.2, -0.15) is 5.26 Å². The molecule has 0 radical (unpaired) electrons. The maximum atomic E-state index is 14.1. The van der Waals surface area contributed by atoms with E-state index in [1.165, 1.54) is 6.07 Å². The van der Waals surface area contributed by atoms with Crippen molar-refractivity contribution in [3.63, 3.8) is 0 Å². The number of Topliss-reactive ketones (excluding diaryl/α,β-unsaturated/α-hetero) is 1. The van der Waals surface area contributed by atoms with Crippen LogP contribution in [-0.2, 0) is 16.6 Å². The van der Waals surface area contributed by atoms with E-state index in [1.807, 2.05) is 12.1 Å². The highest BCUT2D eigenvalue weighted by molar-refractivity contribution is 6.33. The molecule has 0 saturated carbocycles. The van der Waals surface area contributed by atoms with Gasteiger partial charge in [0.15, 0.2) is 17.3 Å². The first-order chi connectivity index (χ1) is 13.0. The summed E-state index contributed by atoms with van der Waals surface area (Å²) < 4.78 is 19.7. The number of halogens is 1. The average Bonchev–Trinajstić information content (AvgIpc) is 3.08. The summed E-state index contributed by atoms with van der Waals surface area (Å²) in [6, 6.07) is 10.1. The van der Waals surface area contributed by atoms with Gasteiger partial charge in [0, 0.05) is 29.8 Å². The Morgan fingerprint density at radius 2 is 1.93 bits per heavy atom. The summed E-state index contributed by atoms with van der Waals surface area (Å²) in [7, 11) is 0. The van der Waals surface area contributed by atoms with Crippen LogP contribution >= 0.6 is 0 Å². The first-order valence-corrected chi connectivity index (χ1v) is 8.97. The van der Waals surface area contributed by atoms with Crippen molar-refractivity contribution in [3.8, 4) is 11.8 Å². The molecule has 134 valence electrons. The Balaban J connectivity index is 1.79. The number of phenolic OH excluding ortho intramolecular Hbond substituents is 1. The fourth-order valence-electron chi connectivity index (χ4n) is 4.90. The lowest BCUT2D eigenvalue weighted by atomic mass is 9.62. The number of ether oxygens (including phenoxy) is 1. The summed E-state index contributed by atoms with van der Waals surface area (Å²) in [5.41, 5.74) is 4.56. The largest absolute Gasteiger partial charge is 0.505 e. The molecule has 3 aliphatic rings. The van der Waals surface area contributed by atoms with Crippen molar-refractivity contribution >= 4 is 11.4 Å². The Hall–Kier alpha value is -2.97. The van der Waals surface area contributed by atoms with Crippen molar-refractivity contribution in [1.82, 2.24) is 0 Å². The predicted molar refractivity (Wildman–Crippen MR) is 95.9 cm³/mol. The summed E-state index contributed by atoms with van der Waals surface area (Å²) in [5.74, 6) is -1.43. The van der Waals surface area contributed by atoms with Gasteiger partial charge in [0.2, 0.25) is 0 Å². The number of hydrogen-bond donors (Lipinski definition) is 1. The second kappa shape index (κ2) is 5.51. The molecule has 4 nitrogen and oxygen atoms in total. The third kappa shape index (κ3) is 2.08. The molecule has 0 bridgehead atoms. The van der Waals surface area contributed by atoms with Crippen molar-refractivity contribution < 1.29 is 19.0 Å². The minimum absolute atomic E-state index is 0.209. The van der Waals surface area contributed by atoms with E-state index in [2.05, 4.69) is 6.07 Å². The van der Waals surface area contributed by atoms with Crippen LogP contribution in [0.1, 0.15) is 45.5 Å². The van der Waals surface area contributed by atoms with Crippen LogP contribution in [0.25, 0.3) is 5.57 Å². The maximum absolute atomic E-state index is 14.1. The number of nitrogens with zero attached hydrogens (tertiary/aromatic N) is 1. The number of allylic oxidation sites excluding steroid dienone is 2. The summed E-state index contributed by atoms with van der Waals surface area (Å²) in [5, 5.41) is 19.2. The third-order valence-corrected chi connectivity index (χ3v) is 6.17. The molecule has 0 atom stereocenters. The minimum Gasteiger partial charge on any atom is -0.505 e. The lowest BCUT2D eigenvalue weighted by Gasteiger charge is -2.43. The zero-order valence-electron chi connectivity index (χ0n) is 14.5. The predicted octanol–water partition coefficient (Wildman–Crippen LogP) is 3.66. The number of phenols is 1. The van der Waals surface area contributed by atoms with Gasteiger partial charge in [-0.05, 0) is 65.8 Å². The zero-order valence-corrected chi connectivity index (χ0v) is 14.5. The molecule has 0 amide bonds. The molecule has 2 aromatic rings. The molecule has 27 heavy (non-hydrogen) atoms. The molecule has 5 heteroatoms. The number of ketones is 1. The van der Waals surface area contributed by atoms with Crippen LogP contribution in [-0.4, -0.2) is 24.1 Å². The fraction of sp³-hybridized carbons (Fsp3) is 0.273. The van der Waals surface area contributed by atoms with Crippen molar-refractivity contribution in [2.45, 2.75) is 24.7 Å². The Morgan fingerprint density at radius 1 is 1.15 bits per heavy atom. The number of fused-ring (bicyclic) bond motifs is 5. The Morgan fingerprint density at radius 3 is 2.67 bits per heavy atom. The zero-order chi connectivity index (χ0) is 18.8. The number of benzene rings is 2. The fourth-order valence-corrected chi connectivity index (χ4v) is 4.90. The standard InChI is InChI=1S/C22H16FNO3/c23-18-9-15-16(10-19(18)25)22(3-5-27-6-4-22)17-8-13-7-12(11-24)1-2-14(13)20(17)21(15)26/h1-2,7,9-10,25H,3-6,8H2. The summed E-state index contributed by atoms with van der Waals surface area (Å²) in [4.78, 5) is 13.3. The second-order valence-electron chi connectivity index (χ2n) is 7.39. The molecule has 0 unspecified atom stereocenters. The Labute approximate surface area is 155 Å². The Kier molecular flexibility index (Phi) is 3.31. The molecule has 5 rings (SSSR count). The highest BCUT2D eigenvalue weighted by atomic mass is 19.1. The molecule has 1 heterocycles. The van der Waals surface area contributed by atoms with Gasteiger partial charge in [-0.25, -0.2) is 4.39 Å². The topological polar surface area (TPSA) is 70.3 Å². The molecule has 0 aromatic heterocycles. The number of hydrogen-bond acceptors (Lipinski definition) is 4. The van der Waals surface area contributed by atoms with Gasteiger partial charge in [-0.1, -0.05) is 6.07 Å². The molecule has 1 spiro atoms. The van der Waals surface area contributed by atoms with E-state index in [9.17, 15) is 19.6 Å². The van der Waals surface area contributed by atoms with Crippen LogP contribution in [0.4, 0.5) is 4.39 Å². The highest BCUT2D eigenvalue weighted by Gasteiger charge is 2.49. The van der Waals surface area contributed by atoms with Crippen LogP contribution in [0.15, 0.2) is 35.9 Å². The number of aromatic hydroxyl groups is 1. The first-order valence-electron chi connectivity index (χ1n) is 8.97. The number of carbonyl (C=O) groups is 1. The molecular weight excluding hydrogens is 345 g/mol. The van der Waals surface area contributed by atoms with Gasteiger partial charge in [0.1, 0.15) is 0 Å². The molecule has 1 saturated heterocycles. The van der Waals surface area contributed by atoms with Crippen molar-refractivity contribution in [1.29, 1.82) is 5.26 Å². The SMILES string of the molecule is N#Cc1ccc2c(c1)CC1=C2C(=O)c2cc(F)c(O)cc2C12CCOCC2. The smallest absolute Gasteiger partial charge is 0.194 e. The summed E-state index contributed by atoms with van der Waals surface area (Å²) >= 11 is 0. The van der Waals surface area contributed by atoms with Crippen molar-refractivity contribution in [3.05, 3.63) is 69.5 Å². The van der Waals surface area contributed by atoms with E-state index in [0.29, 0.717) is 54.7 Å². The third-order valence-electron chi connectivity index (χ3n) is 6.17. The van der Waals surface area contributed by atoms with E-state index in [0.717, 1.165) is 22.8 Å². The van der Waals surface area contributed by atoms with Crippen LogP contribution in [0.2, 0.25) is 0 Å². The monoisotopic (exact) mass is 361 g/mol.